The SMILES string of the molecule is CC(C)(C)Oc1cccc([O][Zr]([O]c2cccc(OC(C)(C)C)c2)([C]2=CC=CC2)[C]2=CC=CC2)c1. The van der Waals surface area contributed by atoms with Gasteiger partial charge in [-0.3, -0.25) is 0 Å². The molecule has 184 valence electrons. The molecular formula is C30H36O4Zr. The summed E-state index contributed by atoms with van der Waals surface area (Å²) in [6.45, 7) is 12.3. The fraction of sp³-hybridized carbons (Fsp3) is 0.333. The van der Waals surface area contributed by atoms with Gasteiger partial charge in [0, 0.05) is 0 Å². The van der Waals surface area contributed by atoms with Gasteiger partial charge in [-0.2, -0.15) is 0 Å². The van der Waals surface area contributed by atoms with E-state index in [-0.39, 0.29) is 11.2 Å². The zero-order chi connectivity index (χ0) is 25.1. The number of hydrogen-bond acceptors (Lipinski definition) is 4. The molecule has 2 aromatic rings. The van der Waals surface area contributed by atoms with Gasteiger partial charge < -0.3 is 0 Å². The molecule has 0 amide bonds. The summed E-state index contributed by atoms with van der Waals surface area (Å²) >= 11 is -4.10. The summed E-state index contributed by atoms with van der Waals surface area (Å²) in [5, 5.41) is 0. The van der Waals surface area contributed by atoms with Crippen molar-refractivity contribution in [3.05, 3.63) is 91.5 Å². The van der Waals surface area contributed by atoms with Crippen LogP contribution in [0.1, 0.15) is 54.4 Å². The van der Waals surface area contributed by atoms with Crippen molar-refractivity contribution in [2.45, 2.75) is 65.6 Å². The molecule has 0 atom stereocenters. The molecule has 0 N–H and O–H groups in total. The van der Waals surface area contributed by atoms with Gasteiger partial charge in [-0.05, 0) is 0 Å². The maximum absolute atomic E-state index is 7.02. The summed E-state index contributed by atoms with van der Waals surface area (Å²) in [7, 11) is 0. The number of allylic oxidation sites excluding steroid dienone is 8. The van der Waals surface area contributed by atoms with E-state index in [0.29, 0.717) is 0 Å². The Labute approximate surface area is 215 Å². The first kappa shape index (κ1) is 25.6. The predicted molar refractivity (Wildman–Crippen MR) is 139 cm³/mol. The first-order valence-corrected chi connectivity index (χ1v) is 16.7. The Balaban J connectivity index is 1.74. The van der Waals surface area contributed by atoms with E-state index in [1.165, 1.54) is 6.56 Å². The fourth-order valence-electron chi connectivity index (χ4n) is 4.11. The number of benzene rings is 2. The molecule has 5 heteroatoms. The van der Waals surface area contributed by atoms with E-state index in [1.54, 1.807) is 0 Å². The van der Waals surface area contributed by atoms with Gasteiger partial charge in [-0.15, -0.1) is 0 Å². The molecule has 0 heterocycles. The predicted octanol–water partition coefficient (Wildman–Crippen LogP) is 8.17. The molecule has 0 bridgehead atoms. The van der Waals surface area contributed by atoms with Gasteiger partial charge in [0.15, 0.2) is 0 Å². The second-order valence-corrected chi connectivity index (χ2v) is 18.0. The molecule has 0 saturated heterocycles. The zero-order valence-corrected chi connectivity index (χ0v) is 24.1. The van der Waals surface area contributed by atoms with Crippen LogP contribution in [0.4, 0.5) is 0 Å². The van der Waals surface area contributed by atoms with Crippen LogP contribution in [0.25, 0.3) is 0 Å². The van der Waals surface area contributed by atoms with E-state index in [2.05, 4.69) is 36.5 Å². The molecule has 35 heavy (non-hydrogen) atoms. The Morgan fingerprint density at radius 3 is 1.34 bits per heavy atom. The molecule has 0 radical (unpaired) electrons. The minimum absolute atomic E-state index is 0.293. The van der Waals surface area contributed by atoms with Gasteiger partial charge in [0.25, 0.3) is 0 Å². The Morgan fingerprint density at radius 2 is 1.00 bits per heavy atom. The molecule has 2 aromatic carbocycles. The second-order valence-electron chi connectivity index (χ2n) is 10.8. The zero-order valence-electron chi connectivity index (χ0n) is 21.6. The molecular weight excluding hydrogens is 516 g/mol. The van der Waals surface area contributed by atoms with Gasteiger partial charge in [-0.25, -0.2) is 0 Å². The van der Waals surface area contributed by atoms with Gasteiger partial charge in [0.1, 0.15) is 0 Å². The Hall–Kier alpha value is -2.52. The third kappa shape index (κ3) is 6.79. The van der Waals surface area contributed by atoms with Crippen LogP contribution in [0, 0.1) is 0 Å². The van der Waals surface area contributed by atoms with E-state index in [4.69, 9.17) is 15.1 Å². The van der Waals surface area contributed by atoms with Crippen molar-refractivity contribution in [2.24, 2.45) is 0 Å². The first-order valence-electron chi connectivity index (χ1n) is 12.2. The third-order valence-electron chi connectivity index (χ3n) is 5.37. The topological polar surface area (TPSA) is 36.9 Å². The van der Waals surface area contributed by atoms with Crippen LogP contribution in [0.15, 0.2) is 91.5 Å². The molecule has 2 aliphatic rings. The van der Waals surface area contributed by atoms with Crippen molar-refractivity contribution in [2.75, 3.05) is 0 Å². The van der Waals surface area contributed by atoms with Crippen LogP contribution in [0.5, 0.6) is 23.0 Å². The summed E-state index contributed by atoms with van der Waals surface area (Å²) < 4.78 is 28.8. The van der Waals surface area contributed by atoms with Crippen LogP contribution in [-0.4, -0.2) is 11.2 Å². The molecule has 2 aliphatic carbocycles. The summed E-state index contributed by atoms with van der Waals surface area (Å²) in [6.07, 6.45) is 14.6. The Kier molecular flexibility index (Phi) is 7.47. The quantitative estimate of drug-likeness (QED) is 0.332. The van der Waals surface area contributed by atoms with Crippen molar-refractivity contribution in [1.82, 2.24) is 0 Å². The van der Waals surface area contributed by atoms with E-state index < -0.39 is 21.1 Å². The monoisotopic (exact) mass is 550 g/mol. The van der Waals surface area contributed by atoms with Crippen LogP contribution in [0.3, 0.4) is 0 Å². The molecule has 0 aromatic heterocycles. The fourth-order valence-corrected chi connectivity index (χ4v) is 12.2. The van der Waals surface area contributed by atoms with Crippen LogP contribution in [-0.2, 0) is 21.1 Å². The number of ether oxygens (including phenoxy) is 2. The van der Waals surface area contributed by atoms with Crippen molar-refractivity contribution in [3.8, 4) is 23.0 Å². The van der Waals surface area contributed by atoms with Crippen LogP contribution < -0.4 is 15.1 Å². The minimum atomic E-state index is -4.10. The van der Waals surface area contributed by atoms with Gasteiger partial charge >= 0.3 is 216 Å². The average molecular weight is 552 g/mol. The normalized spacial score (nSPS) is 15.6. The summed E-state index contributed by atoms with van der Waals surface area (Å²) in [5.74, 6) is 3.11. The third-order valence-corrected chi connectivity index (χ3v) is 13.9. The molecule has 0 spiro atoms. The van der Waals surface area contributed by atoms with Crippen molar-refractivity contribution in [1.29, 1.82) is 0 Å². The molecule has 0 unspecified atom stereocenters. The Bertz CT molecular complexity index is 1080. The van der Waals surface area contributed by atoms with Gasteiger partial charge in [0.05, 0.1) is 0 Å². The number of rotatable bonds is 8. The van der Waals surface area contributed by atoms with Crippen LogP contribution in [0.2, 0.25) is 0 Å². The standard InChI is InChI=1S/2C10H14O2.2C5H5.Zr/c2*1-10(2,3)12-9-6-4-5-8(11)7-9;2*1-2-4-5-3-1;/h2*4-7,11H,1-3H3;2*1-3H,4H2;/q;;;;+2/p-2. The van der Waals surface area contributed by atoms with Crippen molar-refractivity contribution < 1.29 is 36.2 Å². The Morgan fingerprint density at radius 1 is 0.600 bits per heavy atom. The number of hydrogen-bond donors (Lipinski definition) is 0. The molecule has 0 saturated carbocycles. The summed E-state index contributed by atoms with van der Waals surface area (Å²) in [4.78, 5) is 0. The van der Waals surface area contributed by atoms with Crippen molar-refractivity contribution >= 4 is 0 Å². The average Bonchev–Trinajstić information content (AvgIpc) is 3.46. The summed E-state index contributed by atoms with van der Waals surface area (Å²) in [5.41, 5.74) is -0.586. The molecule has 4 rings (SSSR count). The maximum atomic E-state index is 7.02. The molecule has 4 nitrogen and oxygen atoms in total. The van der Waals surface area contributed by atoms with Crippen LogP contribution >= 0.6 is 0 Å². The molecule has 0 aliphatic heterocycles. The van der Waals surface area contributed by atoms with E-state index >= 15 is 0 Å². The second kappa shape index (κ2) is 10.2. The molecule has 0 fully saturated rings. The van der Waals surface area contributed by atoms with E-state index in [1.807, 2.05) is 90.1 Å². The van der Waals surface area contributed by atoms with Crippen molar-refractivity contribution in [3.63, 3.8) is 0 Å². The van der Waals surface area contributed by atoms with Gasteiger partial charge in [-0.1, -0.05) is 0 Å². The van der Waals surface area contributed by atoms with E-state index in [9.17, 15) is 0 Å². The van der Waals surface area contributed by atoms with E-state index in [0.717, 1.165) is 35.8 Å². The first-order chi connectivity index (χ1) is 16.5. The van der Waals surface area contributed by atoms with Gasteiger partial charge in [0.2, 0.25) is 0 Å². The summed E-state index contributed by atoms with van der Waals surface area (Å²) in [6, 6.07) is 15.8.